The van der Waals surface area contributed by atoms with Crippen LogP contribution in [-0.2, 0) is 39.1 Å². The van der Waals surface area contributed by atoms with Crippen molar-refractivity contribution in [2.24, 2.45) is 5.92 Å². The Bertz CT molecular complexity index is 2620. The molecule has 0 fully saturated rings. The Kier molecular flexibility index (Phi) is 10.9. The first-order valence-corrected chi connectivity index (χ1v) is 24.1. The molecule has 4 heterocycles. The number of rotatable bonds is 12. The van der Waals surface area contributed by atoms with Gasteiger partial charge < -0.3 is 5.11 Å². The summed E-state index contributed by atoms with van der Waals surface area (Å²) in [4.78, 5) is 37.8. The molecule has 0 saturated carbocycles. The van der Waals surface area contributed by atoms with Crippen molar-refractivity contribution in [2.45, 2.75) is 70.2 Å². The fourth-order valence-corrected chi connectivity index (χ4v) is 13.6. The van der Waals surface area contributed by atoms with Crippen molar-refractivity contribution in [2.75, 3.05) is 23.7 Å². The van der Waals surface area contributed by atoms with Crippen molar-refractivity contribution in [3.05, 3.63) is 78.8 Å². The standard InChI is InChI=1S/C39H39N5O6S4Se/c1-3-35-41-26-16-28-32(18-30(26)51-35)53-37(43(28)21-39(46)47)14-22-6-8-24-9-7-23(13-25(24)12-22)15-38-44(20-34(45)40-10-5-11-54(48,49)50)29-17-27-31(19-33(29)55-38)52-36(4-2)42-27/h12-19,24H,3-11,20-21H2,1-2H3,(H2-,40,45,46,47,48,49,50)/p+1. The molecule has 3 N–H and O–H groups in total. The summed E-state index contributed by atoms with van der Waals surface area (Å²) in [6, 6.07) is 8.49. The monoisotopic (exact) mass is 882 g/mol. The Balaban J connectivity index is 1.10. The zero-order chi connectivity index (χ0) is 38.4. The van der Waals surface area contributed by atoms with E-state index in [9.17, 15) is 23.1 Å². The molecule has 1 aliphatic heterocycles. The van der Waals surface area contributed by atoms with Crippen molar-refractivity contribution >= 4 is 113 Å². The number of thioether (sulfide) groups is 1. The fourth-order valence-electron chi connectivity index (χ4n) is 7.36. The molecule has 0 spiro atoms. The van der Waals surface area contributed by atoms with E-state index in [4.69, 9.17) is 14.5 Å². The number of fused-ring (bicyclic) bond motifs is 5. The zero-order valence-electron chi connectivity index (χ0n) is 30.3. The number of thiazole rings is 2. The minimum Gasteiger partial charge on any atom is -0.480 e. The van der Waals surface area contributed by atoms with Crippen LogP contribution >= 0.6 is 34.4 Å². The molecule has 11 nitrogen and oxygen atoms in total. The number of nitrogens with one attached hydrogen (secondary N) is 1. The summed E-state index contributed by atoms with van der Waals surface area (Å²) in [5.41, 5.74) is 7.38. The van der Waals surface area contributed by atoms with Crippen LogP contribution in [0.5, 0.6) is 0 Å². The Morgan fingerprint density at radius 2 is 1.75 bits per heavy atom. The summed E-state index contributed by atoms with van der Waals surface area (Å²) in [6.07, 6.45) is 14.8. The Morgan fingerprint density at radius 3 is 2.47 bits per heavy atom. The van der Waals surface area contributed by atoms with Gasteiger partial charge in [0.25, 0.3) is 0 Å². The van der Waals surface area contributed by atoms with Crippen molar-refractivity contribution in [1.82, 2.24) is 15.3 Å². The van der Waals surface area contributed by atoms with Gasteiger partial charge in [-0.1, -0.05) is 6.92 Å². The van der Waals surface area contributed by atoms with Crippen LogP contribution in [0.25, 0.3) is 36.3 Å². The van der Waals surface area contributed by atoms with E-state index in [2.05, 4.69) is 66.2 Å². The van der Waals surface area contributed by atoms with Crippen molar-refractivity contribution < 1.29 is 32.2 Å². The van der Waals surface area contributed by atoms with Crippen LogP contribution in [0.1, 0.15) is 60.5 Å². The quantitative estimate of drug-likeness (QED) is 0.0522. The third-order valence-corrected chi connectivity index (χ3v) is 16.5. The van der Waals surface area contributed by atoms with Crippen LogP contribution in [0.3, 0.4) is 0 Å². The van der Waals surface area contributed by atoms with Gasteiger partial charge in [-0.3, -0.25) is 4.79 Å². The first kappa shape index (κ1) is 38.3. The number of aromatic nitrogens is 3. The van der Waals surface area contributed by atoms with Gasteiger partial charge in [0.1, 0.15) is 0 Å². The van der Waals surface area contributed by atoms with E-state index in [-0.39, 0.29) is 46.5 Å². The van der Waals surface area contributed by atoms with E-state index in [1.54, 1.807) is 34.4 Å². The molecule has 0 saturated heterocycles. The molecule has 0 radical (unpaired) electrons. The maximum absolute atomic E-state index is 13.2. The minimum atomic E-state index is -4.09. The summed E-state index contributed by atoms with van der Waals surface area (Å²) < 4.78 is 38.0. The third kappa shape index (κ3) is 8.41. The van der Waals surface area contributed by atoms with Crippen molar-refractivity contribution in [3.8, 4) is 0 Å². The van der Waals surface area contributed by atoms with Crippen LogP contribution in [0.15, 0.2) is 69.1 Å². The second-order valence-corrected chi connectivity index (χ2v) is 21.0. The van der Waals surface area contributed by atoms with Gasteiger partial charge in [-0.05, 0) is 6.42 Å². The first-order valence-electron chi connectivity index (χ1n) is 18.4. The van der Waals surface area contributed by atoms with Crippen LogP contribution in [-0.4, -0.2) is 73.3 Å². The number of carboxylic acid groups (broad SMARTS) is 1. The average Bonchev–Trinajstić information content (AvgIpc) is 3.90. The van der Waals surface area contributed by atoms with E-state index in [0.717, 1.165) is 94.7 Å². The summed E-state index contributed by atoms with van der Waals surface area (Å²) in [7, 11) is -4.09. The number of aryl methyl sites for hydroxylation is 2. The summed E-state index contributed by atoms with van der Waals surface area (Å²) in [6.45, 7) is 4.31. The second-order valence-electron chi connectivity index (χ2n) is 13.9. The second kappa shape index (κ2) is 15.7. The fraction of sp³-hybridized carbons (Fsp3) is 0.359. The van der Waals surface area contributed by atoms with Gasteiger partial charge >= 0.3 is 284 Å². The number of hydrogen-bond donors (Lipinski definition) is 3. The average molecular weight is 882 g/mol. The smallest absolute Gasteiger partial charge is 0.480 e. The molecule has 55 heavy (non-hydrogen) atoms. The molecule has 8 rings (SSSR count). The number of nitrogens with zero attached hydrogens (tertiary/aromatic N) is 4. The molecule has 3 aromatic heterocycles. The van der Waals surface area contributed by atoms with Gasteiger partial charge in [-0.2, -0.15) is 0 Å². The molecule has 0 bridgehead atoms. The van der Waals surface area contributed by atoms with Gasteiger partial charge in [0.05, 0.1) is 15.2 Å². The Morgan fingerprint density at radius 1 is 1.02 bits per heavy atom. The predicted molar refractivity (Wildman–Crippen MR) is 222 cm³/mol. The van der Waals surface area contributed by atoms with Crippen LogP contribution in [0, 0.1) is 5.92 Å². The van der Waals surface area contributed by atoms with Crippen molar-refractivity contribution in [1.29, 1.82) is 0 Å². The molecule has 2 aliphatic carbocycles. The van der Waals surface area contributed by atoms with Gasteiger partial charge in [0, 0.05) is 0 Å². The van der Waals surface area contributed by atoms with Crippen LogP contribution in [0.2, 0.25) is 0 Å². The van der Waals surface area contributed by atoms with E-state index >= 15 is 0 Å². The van der Waals surface area contributed by atoms with Crippen molar-refractivity contribution in [3.63, 3.8) is 0 Å². The van der Waals surface area contributed by atoms with Gasteiger partial charge in [-0.25, -0.2) is 4.98 Å². The van der Waals surface area contributed by atoms with Gasteiger partial charge in [0.2, 0.25) is 0 Å². The van der Waals surface area contributed by atoms with E-state index in [1.165, 1.54) is 21.0 Å². The summed E-state index contributed by atoms with van der Waals surface area (Å²) >= 11 is 4.97. The number of aliphatic carboxylic acids is 1. The normalized spacial score (nSPS) is 18.7. The number of carbonyl (C=O) groups is 2. The number of allylic oxidation sites excluding steroid dienone is 6. The number of carboxylic acids is 1. The zero-order valence-corrected chi connectivity index (χ0v) is 35.3. The SMILES string of the molecule is CCc1nc2cc3c(cc2s1)S/C(=C\C1=CC2=C/C(=C/c4[se]c5cc6sc(CC)nc6cc5[n+]4CC(=O)NCCCS(=O)(=O)O)CCC2CC1)N3CC(=O)O. The number of carbonyl (C=O) groups excluding carboxylic acids is 1. The third-order valence-electron chi connectivity index (χ3n) is 10.0. The first-order chi connectivity index (χ1) is 26.4. The molecular formula is C39H40N5O6S4Se+. The van der Waals surface area contributed by atoms with E-state index in [1.807, 2.05) is 11.0 Å². The Hall–Kier alpha value is -3.63. The van der Waals surface area contributed by atoms with Gasteiger partial charge in [0.15, 0.2) is 0 Å². The topological polar surface area (TPSA) is 154 Å². The van der Waals surface area contributed by atoms with E-state index < -0.39 is 21.8 Å². The molecule has 1 amide bonds. The number of benzene rings is 2. The molecule has 5 aromatic rings. The predicted octanol–water partition coefficient (Wildman–Crippen LogP) is 6.90. The maximum atomic E-state index is 13.2. The van der Waals surface area contributed by atoms with Gasteiger partial charge in [-0.15, -0.1) is 11.3 Å². The molecule has 3 aliphatic rings. The van der Waals surface area contributed by atoms with Crippen LogP contribution in [0.4, 0.5) is 5.69 Å². The summed E-state index contributed by atoms with van der Waals surface area (Å²) in [5.74, 6) is -1.04. The molecule has 16 heteroatoms. The number of amides is 1. The molecule has 286 valence electrons. The van der Waals surface area contributed by atoms with Crippen LogP contribution < -0.4 is 14.8 Å². The Labute approximate surface area is 337 Å². The number of hydrogen-bond acceptors (Lipinski definition) is 10. The van der Waals surface area contributed by atoms with E-state index in [0.29, 0.717) is 5.92 Å². The number of anilines is 1. The molecule has 2 aromatic carbocycles. The minimum absolute atomic E-state index is 0.0457. The summed E-state index contributed by atoms with van der Waals surface area (Å²) in [5, 5.41) is 15.8. The molecule has 1 atom stereocenters. The molecule has 1 unspecified atom stereocenters. The molecular weight excluding hydrogens is 842 g/mol.